The fourth-order valence-electron chi connectivity index (χ4n) is 2.61. The van der Waals surface area contributed by atoms with Gasteiger partial charge in [-0.1, -0.05) is 24.6 Å². The predicted molar refractivity (Wildman–Crippen MR) is 79.6 cm³/mol. The van der Waals surface area contributed by atoms with Crippen molar-refractivity contribution in [2.75, 3.05) is 32.8 Å². The zero-order valence-electron chi connectivity index (χ0n) is 11.8. The van der Waals surface area contributed by atoms with Crippen molar-refractivity contribution in [1.29, 1.82) is 0 Å². The molecule has 0 unspecified atom stereocenters. The van der Waals surface area contributed by atoms with Crippen molar-refractivity contribution in [2.45, 2.75) is 32.1 Å². The van der Waals surface area contributed by atoms with Crippen LogP contribution in [0.25, 0.3) is 0 Å². The maximum absolute atomic E-state index is 5.95. The van der Waals surface area contributed by atoms with Crippen LogP contribution in [-0.4, -0.2) is 37.7 Å². The molecule has 19 heavy (non-hydrogen) atoms. The third-order valence-electron chi connectivity index (χ3n) is 3.74. The van der Waals surface area contributed by atoms with E-state index in [0.717, 1.165) is 38.3 Å². The number of benzene rings is 1. The van der Waals surface area contributed by atoms with Gasteiger partial charge in [0.15, 0.2) is 0 Å². The van der Waals surface area contributed by atoms with E-state index in [4.69, 9.17) is 10.5 Å². The summed E-state index contributed by atoms with van der Waals surface area (Å²) in [5.41, 5.74) is 6.86. The van der Waals surface area contributed by atoms with Gasteiger partial charge in [-0.25, -0.2) is 0 Å². The molecule has 0 amide bonds. The highest BCUT2D eigenvalue weighted by molar-refractivity contribution is 5.33. The standard InChI is InChI=1S/C16H26N2O/c17-10-6-8-15-7-2-3-9-16(15)19-14-13-18-11-4-1-5-12-18/h2-3,7,9H,1,4-6,8,10-14,17H2. The second-order valence-electron chi connectivity index (χ2n) is 5.25. The quantitative estimate of drug-likeness (QED) is 0.820. The van der Waals surface area contributed by atoms with E-state index < -0.39 is 0 Å². The second-order valence-corrected chi connectivity index (χ2v) is 5.25. The molecule has 1 aromatic rings. The lowest BCUT2D eigenvalue weighted by molar-refractivity contribution is 0.182. The van der Waals surface area contributed by atoms with E-state index in [9.17, 15) is 0 Å². The summed E-state index contributed by atoms with van der Waals surface area (Å²) < 4.78 is 5.95. The van der Waals surface area contributed by atoms with E-state index >= 15 is 0 Å². The van der Waals surface area contributed by atoms with Crippen molar-refractivity contribution in [2.24, 2.45) is 5.73 Å². The lowest BCUT2D eigenvalue weighted by Gasteiger charge is -2.26. The van der Waals surface area contributed by atoms with Crippen LogP contribution in [-0.2, 0) is 6.42 Å². The van der Waals surface area contributed by atoms with E-state index in [-0.39, 0.29) is 0 Å². The molecule has 3 heteroatoms. The summed E-state index contributed by atoms with van der Waals surface area (Å²) in [5, 5.41) is 0. The number of piperidine rings is 1. The predicted octanol–water partition coefficient (Wildman–Crippen LogP) is 2.44. The summed E-state index contributed by atoms with van der Waals surface area (Å²) in [4.78, 5) is 2.51. The zero-order chi connectivity index (χ0) is 13.3. The smallest absolute Gasteiger partial charge is 0.122 e. The van der Waals surface area contributed by atoms with E-state index in [1.807, 2.05) is 6.07 Å². The van der Waals surface area contributed by atoms with Crippen molar-refractivity contribution < 1.29 is 4.74 Å². The molecule has 1 aliphatic heterocycles. The molecule has 0 radical (unpaired) electrons. The van der Waals surface area contributed by atoms with Gasteiger partial charge in [-0.3, -0.25) is 4.90 Å². The average Bonchev–Trinajstić information content (AvgIpc) is 2.47. The number of likely N-dealkylation sites (tertiary alicyclic amines) is 1. The molecular weight excluding hydrogens is 236 g/mol. The Bertz CT molecular complexity index is 362. The van der Waals surface area contributed by atoms with Crippen LogP contribution in [0.4, 0.5) is 0 Å². The molecule has 2 rings (SSSR count). The van der Waals surface area contributed by atoms with Crippen molar-refractivity contribution in [1.82, 2.24) is 4.90 Å². The summed E-state index contributed by atoms with van der Waals surface area (Å²) in [7, 11) is 0. The van der Waals surface area contributed by atoms with Gasteiger partial charge >= 0.3 is 0 Å². The number of rotatable bonds is 7. The monoisotopic (exact) mass is 262 g/mol. The first kappa shape index (κ1) is 14.4. The normalized spacial score (nSPS) is 16.5. The minimum absolute atomic E-state index is 0.738. The molecule has 0 spiro atoms. The summed E-state index contributed by atoms with van der Waals surface area (Å²) in [6, 6.07) is 8.33. The van der Waals surface area contributed by atoms with Crippen molar-refractivity contribution >= 4 is 0 Å². The molecule has 1 aliphatic rings. The van der Waals surface area contributed by atoms with Gasteiger partial charge in [0.1, 0.15) is 12.4 Å². The summed E-state index contributed by atoms with van der Waals surface area (Å²) in [6.07, 6.45) is 6.10. The largest absolute Gasteiger partial charge is 0.492 e. The molecule has 1 heterocycles. The van der Waals surface area contributed by atoms with Gasteiger partial charge in [0.05, 0.1) is 0 Å². The maximum Gasteiger partial charge on any atom is 0.122 e. The van der Waals surface area contributed by atoms with E-state index in [0.29, 0.717) is 0 Å². The molecule has 0 aromatic heterocycles. The zero-order valence-corrected chi connectivity index (χ0v) is 11.8. The number of nitrogens with zero attached hydrogens (tertiary/aromatic N) is 1. The highest BCUT2D eigenvalue weighted by Gasteiger charge is 2.10. The molecule has 1 fully saturated rings. The van der Waals surface area contributed by atoms with Crippen LogP contribution in [0.1, 0.15) is 31.2 Å². The Morgan fingerprint density at radius 3 is 2.68 bits per heavy atom. The Hall–Kier alpha value is -1.06. The Morgan fingerprint density at radius 2 is 1.89 bits per heavy atom. The van der Waals surface area contributed by atoms with Crippen LogP contribution in [0, 0.1) is 0 Å². The van der Waals surface area contributed by atoms with Gasteiger partial charge in [-0.2, -0.15) is 0 Å². The van der Waals surface area contributed by atoms with Crippen molar-refractivity contribution in [3.63, 3.8) is 0 Å². The molecule has 106 valence electrons. The highest BCUT2D eigenvalue weighted by atomic mass is 16.5. The van der Waals surface area contributed by atoms with Crippen LogP contribution in [0.5, 0.6) is 5.75 Å². The van der Waals surface area contributed by atoms with Crippen LogP contribution in [0.15, 0.2) is 24.3 Å². The third-order valence-corrected chi connectivity index (χ3v) is 3.74. The summed E-state index contributed by atoms with van der Waals surface area (Å²) in [6.45, 7) is 5.04. The molecule has 3 nitrogen and oxygen atoms in total. The van der Waals surface area contributed by atoms with Gasteiger partial charge in [0, 0.05) is 6.54 Å². The van der Waals surface area contributed by atoms with Crippen LogP contribution in [0.2, 0.25) is 0 Å². The average molecular weight is 262 g/mol. The molecule has 0 saturated carbocycles. The number of ether oxygens (including phenoxy) is 1. The molecule has 0 bridgehead atoms. The third kappa shape index (κ3) is 4.84. The molecule has 0 atom stereocenters. The lowest BCUT2D eigenvalue weighted by Crippen LogP contribution is -2.33. The summed E-state index contributed by atoms with van der Waals surface area (Å²) in [5.74, 6) is 1.04. The van der Waals surface area contributed by atoms with Gasteiger partial charge < -0.3 is 10.5 Å². The molecule has 0 aliphatic carbocycles. The topological polar surface area (TPSA) is 38.5 Å². The first-order chi connectivity index (χ1) is 9.40. The number of hydrogen-bond donors (Lipinski definition) is 1. The van der Waals surface area contributed by atoms with Crippen molar-refractivity contribution in [3.8, 4) is 5.75 Å². The molecule has 2 N–H and O–H groups in total. The van der Waals surface area contributed by atoms with Gasteiger partial charge in [0.25, 0.3) is 0 Å². The van der Waals surface area contributed by atoms with E-state index in [1.54, 1.807) is 0 Å². The van der Waals surface area contributed by atoms with Gasteiger partial charge in [-0.05, 0) is 56.9 Å². The first-order valence-corrected chi connectivity index (χ1v) is 7.53. The van der Waals surface area contributed by atoms with E-state index in [1.165, 1.54) is 37.9 Å². The minimum atomic E-state index is 0.738. The van der Waals surface area contributed by atoms with Crippen LogP contribution >= 0.6 is 0 Å². The fraction of sp³-hybridized carbons (Fsp3) is 0.625. The Kier molecular flexibility index (Phi) is 6.18. The van der Waals surface area contributed by atoms with Gasteiger partial charge in [0.2, 0.25) is 0 Å². The van der Waals surface area contributed by atoms with E-state index in [2.05, 4.69) is 23.1 Å². The van der Waals surface area contributed by atoms with Crippen molar-refractivity contribution in [3.05, 3.63) is 29.8 Å². The maximum atomic E-state index is 5.95. The number of aryl methyl sites for hydroxylation is 1. The van der Waals surface area contributed by atoms with Crippen LogP contribution < -0.4 is 10.5 Å². The molecule has 1 saturated heterocycles. The SMILES string of the molecule is NCCCc1ccccc1OCCN1CCCCC1. The Labute approximate surface area is 116 Å². The van der Waals surface area contributed by atoms with Crippen LogP contribution in [0.3, 0.4) is 0 Å². The number of nitrogens with two attached hydrogens (primary N) is 1. The highest BCUT2D eigenvalue weighted by Crippen LogP contribution is 2.19. The number of para-hydroxylation sites is 1. The Balaban J connectivity index is 1.77. The molecule has 1 aromatic carbocycles. The summed E-state index contributed by atoms with van der Waals surface area (Å²) >= 11 is 0. The first-order valence-electron chi connectivity index (χ1n) is 7.53. The Morgan fingerprint density at radius 1 is 1.11 bits per heavy atom. The lowest BCUT2D eigenvalue weighted by atomic mass is 10.1. The number of hydrogen-bond acceptors (Lipinski definition) is 3. The second kappa shape index (κ2) is 8.18. The minimum Gasteiger partial charge on any atom is -0.492 e. The fourth-order valence-corrected chi connectivity index (χ4v) is 2.61. The van der Waals surface area contributed by atoms with Gasteiger partial charge in [-0.15, -0.1) is 0 Å². The molecular formula is C16H26N2O.